The Morgan fingerprint density at radius 3 is 1.88 bits per heavy atom. The topological polar surface area (TPSA) is 177 Å². The molecule has 10 aromatic rings. The number of aromatic nitrogens is 8. The maximum Gasteiger partial charge on any atom is 0.231 e. The fourth-order valence-electron chi connectivity index (χ4n) is 8.04. The molecule has 12 rings (SSSR count). The number of aryl methyl sites for hydroxylation is 4. The van der Waals surface area contributed by atoms with Crippen LogP contribution < -0.4 is 30.2 Å². The lowest BCUT2D eigenvalue weighted by atomic mass is 10.0. The minimum atomic E-state index is 0.176. The van der Waals surface area contributed by atoms with E-state index >= 15 is 0 Å². The van der Waals surface area contributed by atoms with Crippen molar-refractivity contribution in [1.82, 2.24) is 39.0 Å². The third-order valence-electron chi connectivity index (χ3n) is 11.3. The Morgan fingerprint density at radius 2 is 1.23 bits per heavy atom. The number of H-pyrrole nitrogens is 1. The molecule has 0 aliphatic carbocycles. The summed E-state index contributed by atoms with van der Waals surface area (Å²) in [5.41, 5.74) is 11.5. The molecule has 0 saturated carbocycles. The van der Waals surface area contributed by atoms with Crippen LogP contribution in [0.1, 0.15) is 11.1 Å². The van der Waals surface area contributed by atoms with Crippen molar-refractivity contribution < 1.29 is 18.9 Å². The van der Waals surface area contributed by atoms with Crippen LogP contribution in [-0.4, -0.2) is 52.6 Å². The smallest absolute Gasteiger partial charge is 0.231 e. The number of nitrogens with one attached hydrogen (secondary N) is 2. The minimum absolute atomic E-state index is 0.176. The van der Waals surface area contributed by atoms with Crippen LogP contribution in [0, 0.1) is 5.41 Å². The van der Waals surface area contributed by atoms with E-state index in [-0.39, 0.29) is 19.1 Å². The lowest BCUT2D eigenvalue weighted by Gasteiger charge is -2.11. The zero-order chi connectivity index (χ0) is 44.7. The van der Waals surface area contributed by atoms with Gasteiger partial charge < -0.3 is 38.8 Å². The maximum absolute atomic E-state index is 8.25. The molecule has 0 amide bonds. The van der Waals surface area contributed by atoms with E-state index in [9.17, 15) is 0 Å². The average molecular weight is 1040 g/mol. The summed E-state index contributed by atoms with van der Waals surface area (Å²) in [5, 5.41) is 14.7. The number of ether oxygens (including phenoxy) is 4. The second-order valence-corrected chi connectivity index (χ2v) is 19.0. The molecular formula is C48H36Br2N10O4S2. The molecule has 0 spiro atoms. The fourth-order valence-corrected chi connectivity index (χ4v) is 10.9. The number of nitrogen functional groups attached to an aromatic ring is 1. The maximum atomic E-state index is 8.25. The highest BCUT2D eigenvalue weighted by Crippen LogP contribution is 2.44. The summed E-state index contributed by atoms with van der Waals surface area (Å²) in [7, 11) is 0. The zero-order valence-electron chi connectivity index (χ0n) is 34.7. The van der Waals surface area contributed by atoms with Crippen molar-refractivity contribution in [3.8, 4) is 23.0 Å². The van der Waals surface area contributed by atoms with Crippen LogP contribution in [0.5, 0.6) is 23.0 Å². The first-order valence-corrected chi connectivity index (χ1v) is 24.0. The Kier molecular flexibility index (Phi) is 11.5. The number of hydrogen-bond acceptors (Lipinski definition) is 13. The molecule has 0 atom stereocenters. The molecule has 0 radical (unpaired) electrons. The molecule has 2 aliphatic rings. The highest BCUT2D eigenvalue weighted by atomic mass is 79.9. The molecule has 18 heteroatoms. The van der Waals surface area contributed by atoms with Crippen molar-refractivity contribution in [2.45, 2.75) is 46.0 Å². The van der Waals surface area contributed by atoms with E-state index in [1.807, 2.05) is 28.8 Å². The summed E-state index contributed by atoms with van der Waals surface area (Å²) in [6, 6.07) is 37.4. The van der Waals surface area contributed by atoms with Crippen LogP contribution in [0.15, 0.2) is 151 Å². The van der Waals surface area contributed by atoms with Gasteiger partial charge in [-0.15, -0.1) is 0 Å². The van der Waals surface area contributed by atoms with E-state index in [2.05, 4.69) is 141 Å². The Morgan fingerprint density at radius 1 is 0.652 bits per heavy atom. The third-order valence-corrected chi connectivity index (χ3v) is 15.1. The predicted molar refractivity (Wildman–Crippen MR) is 262 cm³/mol. The molecule has 6 heterocycles. The van der Waals surface area contributed by atoms with E-state index in [0.717, 1.165) is 65.3 Å². The lowest BCUT2D eigenvalue weighted by molar-refractivity contribution is 0.173. The van der Waals surface area contributed by atoms with Gasteiger partial charge in [-0.2, -0.15) is 0 Å². The van der Waals surface area contributed by atoms with Gasteiger partial charge in [0.05, 0.1) is 6.33 Å². The molecular weight excluding hydrogens is 1000 g/mol. The Bertz CT molecular complexity index is 3550. The molecule has 66 heavy (non-hydrogen) atoms. The summed E-state index contributed by atoms with van der Waals surface area (Å²) in [5.74, 6) is 3.25. The van der Waals surface area contributed by atoms with Gasteiger partial charge in [-0.25, -0.2) is 24.9 Å². The molecule has 0 fully saturated rings. The molecule has 6 aromatic carbocycles. The van der Waals surface area contributed by atoms with Gasteiger partial charge in [0.25, 0.3) is 0 Å². The van der Waals surface area contributed by atoms with Gasteiger partial charge in [-0.1, -0.05) is 108 Å². The van der Waals surface area contributed by atoms with Crippen LogP contribution >= 0.6 is 55.4 Å². The summed E-state index contributed by atoms with van der Waals surface area (Å²) in [6.45, 7) is 1.86. The standard InChI is InChI=1S/2C24H18BrN5O2S/c25-17-10-18-19(32-13-31-18)11-20(17)33-24-28-21-22(26)27-12-30(23(21)29-24)9-8-15-6-3-5-14-4-1-2-7-16(14)15;25-17-10-18-19(32-13-31-18)11-20(17)33-24-29-21-22(26)27-12-28-23(21)30(24)9-8-15-6-3-5-14-4-1-2-7-16(14)15/h1-7,10-12,26H,8-9,13H2,(H,28,29);1-7,10-12H,8-9,13H2,(H2,26,27,28). The van der Waals surface area contributed by atoms with Crippen LogP contribution in [0.3, 0.4) is 0 Å². The van der Waals surface area contributed by atoms with E-state index in [4.69, 9.17) is 40.1 Å². The average Bonchev–Trinajstić information content (AvgIpc) is 4.16. The Labute approximate surface area is 401 Å². The van der Waals surface area contributed by atoms with E-state index < -0.39 is 0 Å². The van der Waals surface area contributed by atoms with Crippen LogP contribution in [0.4, 0.5) is 5.82 Å². The number of fused-ring (bicyclic) bond motifs is 6. The first kappa shape index (κ1) is 42.1. The SMILES string of the molecule is N=c1ncn(CCc2cccc3ccccc23)c2nc(Sc3cc4c(cc3Br)OCO4)[nH]c12.Nc1ncnc2c1nc(Sc1cc3c(cc1Br)OCO3)n2CCc1cccc2ccccc12. The summed E-state index contributed by atoms with van der Waals surface area (Å²) < 4.78 is 27.9. The number of nitrogens with two attached hydrogens (primary N) is 1. The summed E-state index contributed by atoms with van der Waals surface area (Å²) in [6.07, 6.45) is 4.84. The lowest BCUT2D eigenvalue weighted by Crippen LogP contribution is -2.13. The molecule has 328 valence electrons. The largest absolute Gasteiger partial charge is 0.454 e. The molecule has 4 N–H and O–H groups in total. The highest BCUT2D eigenvalue weighted by molar-refractivity contribution is 9.10. The number of anilines is 1. The molecule has 4 aromatic heterocycles. The third kappa shape index (κ3) is 8.29. The van der Waals surface area contributed by atoms with Gasteiger partial charge in [0.2, 0.25) is 13.6 Å². The summed E-state index contributed by atoms with van der Waals surface area (Å²) in [4.78, 5) is 27.7. The minimum Gasteiger partial charge on any atom is -0.454 e. The van der Waals surface area contributed by atoms with Crippen molar-refractivity contribution in [3.63, 3.8) is 0 Å². The number of benzene rings is 6. The number of halogens is 2. The number of imidazole rings is 2. The first-order chi connectivity index (χ1) is 32.3. The van der Waals surface area contributed by atoms with E-state index in [0.29, 0.717) is 40.8 Å². The van der Waals surface area contributed by atoms with Crippen molar-refractivity contribution in [2.24, 2.45) is 0 Å². The van der Waals surface area contributed by atoms with Gasteiger partial charge in [-0.3, -0.25) is 5.41 Å². The second kappa shape index (κ2) is 18.0. The molecule has 0 unspecified atom stereocenters. The Balaban J connectivity index is 0.000000146. The van der Waals surface area contributed by atoms with Crippen molar-refractivity contribution in [3.05, 3.63) is 147 Å². The number of hydrogen-bond donors (Lipinski definition) is 3. The second-order valence-electron chi connectivity index (χ2n) is 15.3. The van der Waals surface area contributed by atoms with Crippen molar-refractivity contribution in [1.29, 1.82) is 5.41 Å². The van der Waals surface area contributed by atoms with Gasteiger partial charge in [0, 0.05) is 31.8 Å². The van der Waals surface area contributed by atoms with E-state index in [1.54, 1.807) is 6.33 Å². The van der Waals surface area contributed by atoms with Gasteiger partial charge >= 0.3 is 0 Å². The normalized spacial score (nSPS) is 12.6. The molecule has 14 nitrogen and oxygen atoms in total. The predicted octanol–water partition coefficient (Wildman–Crippen LogP) is 10.7. The Hall–Kier alpha value is -6.60. The van der Waals surface area contributed by atoms with Gasteiger partial charge in [-0.05, 0) is 102 Å². The number of aromatic amines is 1. The summed E-state index contributed by atoms with van der Waals surface area (Å²) >= 11 is 10.2. The molecule has 0 saturated heterocycles. The quantitative estimate of drug-likeness (QED) is 0.118. The van der Waals surface area contributed by atoms with E-state index in [1.165, 1.54) is 62.5 Å². The van der Waals surface area contributed by atoms with Crippen LogP contribution in [0.2, 0.25) is 0 Å². The van der Waals surface area contributed by atoms with Gasteiger partial charge in [0.15, 0.2) is 61.4 Å². The van der Waals surface area contributed by atoms with Crippen molar-refractivity contribution >= 4 is 105 Å². The zero-order valence-corrected chi connectivity index (χ0v) is 39.5. The monoisotopic (exact) mass is 1040 g/mol. The molecule has 2 aliphatic heterocycles. The highest BCUT2D eigenvalue weighted by Gasteiger charge is 2.22. The molecule has 0 bridgehead atoms. The van der Waals surface area contributed by atoms with Crippen LogP contribution in [0.25, 0.3) is 43.9 Å². The fraction of sp³-hybridized carbons (Fsp3) is 0.125. The van der Waals surface area contributed by atoms with Crippen LogP contribution in [-0.2, 0) is 25.9 Å². The van der Waals surface area contributed by atoms with Crippen molar-refractivity contribution in [2.75, 3.05) is 19.3 Å². The number of nitrogens with zero attached hydrogens (tertiary/aromatic N) is 7. The van der Waals surface area contributed by atoms with Gasteiger partial charge in [0.1, 0.15) is 11.8 Å². The number of rotatable bonds is 10. The first-order valence-electron chi connectivity index (χ1n) is 20.8.